The van der Waals surface area contributed by atoms with Crippen LogP contribution in [-0.4, -0.2) is 46.8 Å². The number of aromatic nitrogens is 1. The van der Waals surface area contributed by atoms with Gasteiger partial charge in [-0.15, -0.1) is 0 Å². The zero-order valence-electron chi connectivity index (χ0n) is 11.4. The molecule has 118 valence electrons. The molecule has 1 unspecified atom stereocenters. The SMILES string of the molecule is CN(CC(O)C(F)(F)F)C(=O)c1ccc(Cl)c2cccnc12. The summed E-state index contributed by atoms with van der Waals surface area (Å²) < 4.78 is 37.1. The molecule has 22 heavy (non-hydrogen) atoms. The summed E-state index contributed by atoms with van der Waals surface area (Å²) in [5.74, 6) is -0.677. The summed E-state index contributed by atoms with van der Waals surface area (Å²) in [6, 6.07) is 6.18. The van der Waals surface area contributed by atoms with Crippen LogP contribution in [0.3, 0.4) is 0 Å². The van der Waals surface area contributed by atoms with Crippen molar-refractivity contribution in [2.45, 2.75) is 12.3 Å². The molecule has 1 N–H and O–H groups in total. The van der Waals surface area contributed by atoms with E-state index >= 15 is 0 Å². The third-order valence-corrected chi connectivity index (χ3v) is 3.45. The lowest BCUT2D eigenvalue weighted by molar-refractivity contribution is -0.205. The first-order valence-corrected chi connectivity index (χ1v) is 6.63. The Bertz CT molecular complexity index is 706. The van der Waals surface area contributed by atoms with E-state index in [1.165, 1.54) is 25.4 Å². The van der Waals surface area contributed by atoms with E-state index in [4.69, 9.17) is 16.7 Å². The van der Waals surface area contributed by atoms with Gasteiger partial charge in [-0.05, 0) is 24.3 Å². The number of hydrogen-bond acceptors (Lipinski definition) is 3. The summed E-state index contributed by atoms with van der Waals surface area (Å²) in [6.45, 7) is -0.862. The van der Waals surface area contributed by atoms with Crippen molar-refractivity contribution in [1.82, 2.24) is 9.88 Å². The molecule has 1 heterocycles. The summed E-state index contributed by atoms with van der Waals surface area (Å²) in [5, 5.41) is 9.97. The highest BCUT2D eigenvalue weighted by Crippen LogP contribution is 2.26. The number of fused-ring (bicyclic) bond motifs is 1. The molecule has 0 bridgehead atoms. The first-order chi connectivity index (χ1) is 10.2. The zero-order chi connectivity index (χ0) is 16.5. The summed E-state index contributed by atoms with van der Waals surface area (Å²) in [7, 11) is 1.18. The van der Waals surface area contributed by atoms with E-state index < -0.39 is 24.7 Å². The van der Waals surface area contributed by atoms with Crippen LogP contribution in [0.15, 0.2) is 30.5 Å². The lowest BCUT2D eigenvalue weighted by atomic mass is 10.1. The average Bonchev–Trinajstić information content (AvgIpc) is 2.46. The molecule has 1 amide bonds. The van der Waals surface area contributed by atoms with Crippen LogP contribution in [0.2, 0.25) is 5.02 Å². The van der Waals surface area contributed by atoms with Crippen molar-refractivity contribution >= 4 is 28.4 Å². The Morgan fingerprint density at radius 3 is 2.73 bits per heavy atom. The van der Waals surface area contributed by atoms with Crippen molar-refractivity contribution < 1.29 is 23.1 Å². The van der Waals surface area contributed by atoms with Gasteiger partial charge >= 0.3 is 6.18 Å². The van der Waals surface area contributed by atoms with Crippen LogP contribution < -0.4 is 0 Å². The molecule has 0 spiro atoms. The second-order valence-corrected chi connectivity index (χ2v) is 5.14. The molecular formula is C14H12ClF3N2O2. The quantitative estimate of drug-likeness (QED) is 0.940. The number of aliphatic hydroxyl groups excluding tert-OH is 1. The highest BCUT2D eigenvalue weighted by atomic mass is 35.5. The molecule has 1 atom stereocenters. The molecular weight excluding hydrogens is 321 g/mol. The maximum absolute atomic E-state index is 12.4. The second kappa shape index (κ2) is 6.10. The van der Waals surface area contributed by atoms with Crippen LogP contribution in [-0.2, 0) is 0 Å². The Morgan fingerprint density at radius 1 is 1.41 bits per heavy atom. The number of carbonyl (C=O) groups is 1. The molecule has 4 nitrogen and oxygen atoms in total. The lowest BCUT2D eigenvalue weighted by Gasteiger charge is -2.22. The largest absolute Gasteiger partial charge is 0.416 e. The van der Waals surface area contributed by atoms with Crippen molar-refractivity contribution in [1.29, 1.82) is 0 Å². The summed E-state index contributed by atoms with van der Waals surface area (Å²) >= 11 is 6.00. The van der Waals surface area contributed by atoms with Gasteiger partial charge in [-0.25, -0.2) is 0 Å². The predicted molar refractivity (Wildman–Crippen MR) is 75.8 cm³/mol. The molecule has 2 rings (SSSR count). The van der Waals surface area contributed by atoms with E-state index in [-0.39, 0.29) is 5.56 Å². The third-order valence-electron chi connectivity index (χ3n) is 3.12. The van der Waals surface area contributed by atoms with Gasteiger partial charge < -0.3 is 10.0 Å². The number of amides is 1. The van der Waals surface area contributed by atoms with Gasteiger partial charge in [0.25, 0.3) is 5.91 Å². The highest BCUT2D eigenvalue weighted by molar-refractivity contribution is 6.36. The Morgan fingerprint density at radius 2 is 2.09 bits per heavy atom. The Balaban J connectivity index is 2.32. The fourth-order valence-electron chi connectivity index (χ4n) is 1.96. The summed E-state index contributed by atoms with van der Waals surface area (Å²) in [4.78, 5) is 17.2. The Labute approximate surface area is 129 Å². The molecule has 2 aromatic rings. The molecule has 0 radical (unpaired) electrons. The minimum Gasteiger partial charge on any atom is -0.382 e. The van der Waals surface area contributed by atoms with Crippen LogP contribution in [0.25, 0.3) is 10.9 Å². The monoisotopic (exact) mass is 332 g/mol. The predicted octanol–water partition coefficient (Wildman–Crippen LogP) is 2.88. The normalized spacial score (nSPS) is 13.2. The topological polar surface area (TPSA) is 53.4 Å². The molecule has 0 fully saturated rings. The number of rotatable bonds is 3. The number of nitrogens with zero attached hydrogens (tertiary/aromatic N) is 2. The van der Waals surface area contributed by atoms with Crippen molar-refractivity contribution in [2.24, 2.45) is 0 Å². The number of likely N-dealkylation sites (N-methyl/N-ethyl adjacent to an activating group) is 1. The molecule has 0 aliphatic rings. The maximum atomic E-state index is 12.4. The smallest absolute Gasteiger partial charge is 0.382 e. The van der Waals surface area contributed by atoms with Gasteiger partial charge in [0.15, 0.2) is 6.10 Å². The van der Waals surface area contributed by atoms with Crippen molar-refractivity contribution in [2.75, 3.05) is 13.6 Å². The van der Waals surface area contributed by atoms with E-state index in [0.717, 1.165) is 4.90 Å². The second-order valence-electron chi connectivity index (χ2n) is 4.74. The molecule has 0 saturated heterocycles. The fourth-order valence-corrected chi connectivity index (χ4v) is 2.18. The van der Waals surface area contributed by atoms with Crippen LogP contribution in [0.1, 0.15) is 10.4 Å². The Hall–Kier alpha value is -1.86. The van der Waals surface area contributed by atoms with Gasteiger partial charge in [0, 0.05) is 18.6 Å². The van der Waals surface area contributed by atoms with Gasteiger partial charge in [0.05, 0.1) is 22.6 Å². The minimum absolute atomic E-state index is 0.122. The number of pyridine rings is 1. The van der Waals surface area contributed by atoms with Crippen LogP contribution >= 0.6 is 11.6 Å². The average molecular weight is 333 g/mol. The van der Waals surface area contributed by atoms with Gasteiger partial charge in [-0.2, -0.15) is 13.2 Å². The minimum atomic E-state index is -4.78. The van der Waals surface area contributed by atoms with E-state index in [9.17, 15) is 18.0 Å². The van der Waals surface area contributed by atoms with Crippen molar-refractivity contribution in [3.8, 4) is 0 Å². The van der Waals surface area contributed by atoms with Gasteiger partial charge in [0.2, 0.25) is 0 Å². The van der Waals surface area contributed by atoms with Crippen LogP contribution in [0, 0.1) is 0 Å². The number of aliphatic hydroxyl groups is 1. The van der Waals surface area contributed by atoms with E-state index in [0.29, 0.717) is 15.9 Å². The van der Waals surface area contributed by atoms with Gasteiger partial charge in [-0.3, -0.25) is 9.78 Å². The molecule has 0 aliphatic heterocycles. The number of benzene rings is 1. The lowest BCUT2D eigenvalue weighted by Crippen LogP contribution is -2.41. The first kappa shape index (κ1) is 16.5. The first-order valence-electron chi connectivity index (χ1n) is 6.25. The number of carbonyl (C=O) groups excluding carboxylic acids is 1. The molecule has 0 saturated carbocycles. The standard InChI is InChI=1S/C14H12ClF3N2O2/c1-20(7-11(21)14(16,17)18)13(22)9-4-5-10(15)8-3-2-6-19-12(8)9/h2-6,11,21H,7H2,1H3. The van der Waals surface area contributed by atoms with E-state index in [1.807, 2.05) is 0 Å². The van der Waals surface area contributed by atoms with Crippen molar-refractivity contribution in [3.63, 3.8) is 0 Å². The number of hydrogen-bond donors (Lipinski definition) is 1. The maximum Gasteiger partial charge on any atom is 0.416 e. The van der Waals surface area contributed by atoms with E-state index in [1.54, 1.807) is 12.1 Å². The third kappa shape index (κ3) is 3.31. The Kier molecular flexibility index (Phi) is 4.58. The number of alkyl halides is 3. The summed E-state index contributed by atoms with van der Waals surface area (Å²) in [6.07, 6.45) is -5.93. The van der Waals surface area contributed by atoms with Crippen LogP contribution in [0.5, 0.6) is 0 Å². The molecule has 1 aromatic heterocycles. The van der Waals surface area contributed by atoms with Gasteiger partial charge in [-0.1, -0.05) is 11.6 Å². The zero-order valence-corrected chi connectivity index (χ0v) is 12.2. The molecule has 1 aromatic carbocycles. The molecule has 0 aliphatic carbocycles. The number of halogens is 4. The van der Waals surface area contributed by atoms with Crippen molar-refractivity contribution in [3.05, 3.63) is 41.0 Å². The highest BCUT2D eigenvalue weighted by Gasteiger charge is 2.39. The fraction of sp³-hybridized carbons (Fsp3) is 0.286. The van der Waals surface area contributed by atoms with Crippen LogP contribution in [0.4, 0.5) is 13.2 Å². The molecule has 8 heteroatoms. The van der Waals surface area contributed by atoms with E-state index in [2.05, 4.69) is 4.98 Å². The van der Waals surface area contributed by atoms with Gasteiger partial charge in [0.1, 0.15) is 0 Å². The summed E-state index contributed by atoms with van der Waals surface area (Å²) in [5.41, 5.74) is 0.422.